The number of hydrogen-bond acceptors (Lipinski definition) is 10. The van der Waals surface area contributed by atoms with E-state index >= 15 is 0 Å². The molecule has 0 aromatic heterocycles. The maximum absolute atomic E-state index is 13.0. The molecule has 0 saturated heterocycles. The van der Waals surface area contributed by atoms with Gasteiger partial charge in [-0.1, -0.05) is 99.8 Å². The molecule has 16 nitrogen and oxygen atoms in total. The average Bonchev–Trinajstić information content (AvgIpc) is 1.63. The van der Waals surface area contributed by atoms with Gasteiger partial charge >= 0.3 is 5.97 Å². The van der Waals surface area contributed by atoms with Crippen LogP contribution in [0.25, 0.3) is 0 Å². The van der Waals surface area contributed by atoms with Crippen LogP contribution in [0.5, 0.6) is 17.2 Å². The Balaban J connectivity index is 0.000000222. The molecule has 0 bridgehead atoms. The van der Waals surface area contributed by atoms with Crippen molar-refractivity contribution in [1.82, 2.24) is 0 Å². The van der Waals surface area contributed by atoms with Crippen LogP contribution < -0.4 is 41.8 Å². The van der Waals surface area contributed by atoms with Gasteiger partial charge < -0.3 is 52.0 Å². The van der Waals surface area contributed by atoms with E-state index in [9.17, 15) is 47.0 Å². The molecule has 0 aliphatic heterocycles. The van der Waals surface area contributed by atoms with Gasteiger partial charge in [-0.2, -0.15) is 0 Å². The van der Waals surface area contributed by atoms with Gasteiger partial charge in [-0.15, -0.1) is 12.4 Å². The number of carboxylic acids is 1. The lowest BCUT2D eigenvalue weighted by molar-refractivity contribution is -0.147. The molecule has 0 unspecified atom stereocenters. The maximum Gasteiger partial charge on any atom is 0.319 e. The predicted molar refractivity (Wildman–Crippen MR) is 360 cm³/mol. The summed E-state index contributed by atoms with van der Waals surface area (Å²) in [6.07, 6.45) is 13.6. The van der Waals surface area contributed by atoms with Crippen molar-refractivity contribution >= 4 is 82.0 Å². The van der Waals surface area contributed by atoms with E-state index in [0.29, 0.717) is 85.9 Å². The fourth-order valence-corrected chi connectivity index (χ4v) is 8.65. The number of allylic oxidation sites excluding steroid dienone is 4. The van der Waals surface area contributed by atoms with Gasteiger partial charge in [0.15, 0.2) is 0 Å². The molecule has 5 amide bonds. The van der Waals surface area contributed by atoms with E-state index < -0.39 is 45.7 Å². The molecule has 8 aromatic carbocycles. The number of carbonyl (C=O) groups excluding carboxylic acids is 5. The minimum Gasteiger partial charge on any atom is -0.508 e. The van der Waals surface area contributed by atoms with Gasteiger partial charge in [0.2, 0.25) is 29.5 Å². The Labute approximate surface area is 545 Å². The van der Waals surface area contributed by atoms with Crippen LogP contribution in [-0.2, 0) is 42.0 Å². The topological polar surface area (TPSA) is 248 Å². The second-order valence-electron chi connectivity index (χ2n) is 21.4. The van der Waals surface area contributed by atoms with Crippen molar-refractivity contribution in [1.29, 1.82) is 0 Å². The molecule has 3 saturated carbocycles. The first-order valence-electron chi connectivity index (χ1n) is 28.9. The number of nitrogen functional groups attached to an aromatic ring is 1. The number of halogens is 4. The first kappa shape index (κ1) is 73.1. The Morgan fingerprint density at radius 1 is 0.387 bits per heavy atom. The van der Waals surface area contributed by atoms with Crippen molar-refractivity contribution in [2.75, 3.05) is 32.3 Å². The second-order valence-corrected chi connectivity index (χ2v) is 21.4. The highest BCUT2D eigenvalue weighted by Gasteiger charge is 2.58. The molecule has 0 spiro atoms. The summed E-state index contributed by atoms with van der Waals surface area (Å²) in [4.78, 5) is 72.5. The minimum absolute atomic E-state index is 0. The van der Waals surface area contributed by atoms with Crippen LogP contribution in [0.1, 0.15) is 77.3 Å². The van der Waals surface area contributed by atoms with Gasteiger partial charge in [-0.25, -0.2) is 13.2 Å². The third-order valence-electron chi connectivity index (χ3n) is 14.6. The SMILES string of the molecule is C.C.C1=CCC=CC1.Cl.Nc1ccc(OCc2ccccc2)cc1.O=C(Nc1ccc(F)cc1)C1(C(=O)Nc2ccc(OCc3ccccc3)cc2)CC1.O=C(Nc1ccc(O)cc1)C1(C(=O)Nc2ccc(F)cc2)CC1.O=C(O)C1(C(=O)Nc2ccc(F)cc2)CC1. The molecular formula is C73H76ClF3N6O10. The fourth-order valence-electron chi connectivity index (χ4n) is 8.65. The van der Waals surface area contributed by atoms with Crippen LogP contribution in [0.4, 0.5) is 47.3 Å². The molecule has 0 heterocycles. The third-order valence-corrected chi connectivity index (χ3v) is 14.6. The number of ether oxygens (including phenoxy) is 2. The minimum atomic E-state index is -1.27. The van der Waals surface area contributed by atoms with Gasteiger partial charge in [-0.3, -0.25) is 28.8 Å². The molecule has 20 heteroatoms. The number of amides is 5. The molecule has 93 heavy (non-hydrogen) atoms. The van der Waals surface area contributed by atoms with E-state index in [4.69, 9.17) is 20.3 Å². The molecular weight excluding hydrogens is 1210 g/mol. The Morgan fingerprint density at radius 2 is 0.645 bits per heavy atom. The van der Waals surface area contributed by atoms with Crippen molar-refractivity contribution in [2.24, 2.45) is 16.2 Å². The zero-order chi connectivity index (χ0) is 63.9. The van der Waals surface area contributed by atoms with Crippen LogP contribution in [0.2, 0.25) is 0 Å². The lowest BCUT2D eigenvalue weighted by Crippen LogP contribution is -2.35. The summed E-state index contributed by atoms with van der Waals surface area (Å²) < 4.78 is 49.8. The van der Waals surface area contributed by atoms with Crippen molar-refractivity contribution < 1.29 is 61.6 Å². The van der Waals surface area contributed by atoms with Crippen LogP contribution in [0.15, 0.2) is 231 Å². The van der Waals surface area contributed by atoms with Gasteiger partial charge in [0.25, 0.3) is 0 Å². The van der Waals surface area contributed by atoms with Gasteiger partial charge in [0.1, 0.15) is 64.2 Å². The number of phenols is 1. The smallest absolute Gasteiger partial charge is 0.319 e. The average molecular weight is 1290 g/mol. The van der Waals surface area contributed by atoms with Crippen LogP contribution in [0, 0.1) is 33.7 Å². The number of carbonyl (C=O) groups is 6. The molecule has 0 radical (unpaired) electrons. The van der Waals surface area contributed by atoms with Crippen molar-refractivity contribution in [3.05, 3.63) is 259 Å². The number of anilines is 6. The number of nitrogens with one attached hydrogen (secondary N) is 5. The highest BCUT2D eigenvalue weighted by Crippen LogP contribution is 2.49. The molecule has 4 aliphatic carbocycles. The number of phenolic OH excluding ortho intramolecular Hbond substituents is 1. The van der Waals surface area contributed by atoms with E-state index in [-0.39, 0.29) is 56.5 Å². The third kappa shape index (κ3) is 22.1. The Kier molecular flexibility index (Phi) is 27.6. The predicted octanol–water partition coefficient (Wildman–Crippen LogP) is 15.7. The highest BCUT2D eigenvalue weighted by atomic mass is 35.5. The number of carboxylic acid groups (broad SMARTS) is 1. The number of benzene rings is 8. The highest BCUT2D eigenvalue weighted by molar-refractivity contribution is 6.18. The summed E-state index contributed by atoms with van der Waals surface area (Å²) in [5, 5.41) is 31.4. The summed E-state index contributed by atoms with van der Waals surface area (Å²) >= 11 is 0. The lowest BCUT2D eigenvalue weighted by Gasteiger charge is -2.16. The first-order valence-corrected chi connectivity index (χ1v) is 28.9. The van der Waals surface area contributed by atoms with Gasteiger partial charge in [0.05, 0.1) is 0 Å². The van der Waals surface area contributed by atoms with Crippen molar-refractivity contribution in [3.8, 4) is 17.2 Å². The summed E-state index contributed by atoms with van der Waals surface area (Å²) in [6.45, 7) is 1.05. The Hall–Kier alpha value is -10.7. The summed E-state index contributed by atoms with van der Waals surface area (Å²) in [7, 11) is 0. The maximum atomic E-state index is 13.0. The van der Waals surface area contributed by atoms with Gasteiger partial charge in [0, 0.05) is 34.1 Å². The second kappa shape index (κ2) is 35.1. The number of hydrogen-bond donors (Lipinski definition) is 8. The molecule has 3 fully saturated rings. The fraction of sp³-hybridized carbons (Fsp3) is 0.205. The monoisotopic (exact) mass is 1290 g/mol. The van der Waals surface area contributed by atoms with Crippen molar-refractivity contribution in [2.45, 2.75) is 79.4 Å². The quantitative estimate of drug-likeness (QED) is 0.0184. The standard InChI is InChI=1S/C24H21FN2O3.C17H15FN2O3.C13H13NO.C11H10FNO3.C6H8.2CH4.ClH/c25-18-6-8-19(9-7-18)26-22(28)24(14-15-24)23(29)27-20-10-12-21(13-11-20)30-16-17-4-2-1-3-5-17;18-11-1-3-12(4-2-11)19-15(22)17(9-10-17)16(23)20-13-5-7-14(21)8-6-13;14-12-6-8-13(9-7-12)15-10-11-4-2-1-3-5-11;12-7-1-3-8(4-2-7)13-9(14)11(5-6-11)10(15)16;1-2-4-6-5-3-1;;;/h1-13H,14-16H2,(H,26,28)(H,27,29);1-8,21H,9-10H2,(H,19,22)(H,20,23);1-9H,10,14H2;1-4H,5-6H2,(H,13,14)(H,15,16);1-2,5-6H,3-4H2;2*1H4;1H. The summed E-state index contributed by atoms with van der Waals surface area (Å²) in [5.41, 5.74) is 7.52. The van der Waals surface area contributed by atoms with E-state index in [1.165, 1.54) is 84.9 Å². The number of rotatable bonds is 17. The molecule has 0 atom stereocenters. The molecule has 4 aliphatic rings. The normalized spacial score (nSPS) is 13.8. The zero-order valence-corrected chi connectivity index (χ0v) is 50.1. The first-order chi connectivity index (χ1) is 43.4. The van der Waals surface area contributed by atoms with E-state index in [1.54, 1.807) is 36.4 Å². The van der Waals surface area contributed by atoms with Crippen LogP contribution >= 0.6 is 12.4 Å². The van der Waals surface area contributed by atoms with Crippen LogP contribution in [0.3, 0.4) is 0 Å². The van der Waals surface area contributed by atoms with Crippen LogP contribution in [-0.4, -0.2) is 45.7 Å². The molecule has 8 aromatic rings. The Bertz CT molecular complexity index is 3680. The van der Waals surface area contributed by atoms with E-state index in [0.717, 1.165) is 35.4 Å². The zero-order valence-electron chi connectivity index (χ0n) is 49.3. The summed E-state index contributed by atoms with van der Waals surface area (Å²) in [6, 6.07) is 56.4. The summed E-state index contributed by atoms with van der Waals surface area (Å²) in [5.74, 6) is -2.72. The number of aromatic hydroxyl groups is 1. The van der Waals surface area contributed by atoms with E-state index in [2.05, 4.69) is 50.9 Å². The number of aliphatic carboxylic acids is 1. The largest absolute Gasteiger partial charge is 0.508 e. The molecule has 9 N–H and O–H groups in total. The van der Waals surface area contributed by atoms with E-state index in [1.807, 2.05) is 84.9 Å². The number of nitrogens with two attached hydrogens (primary N) is 1. The van der Waals surface area contributed by atoms with Crippen molar-refractivity contribution in [3.63, 3.8) is 0 Å². The molecule has 486 valence electrons. The van der Waals surface area contributed by atoms with Gasteiger partial charge in [-0.05, 0) is 208 Å². The molecule has 12 rings (SSSR count). The lowest BCUT2D eigenvalue weighted by atomic mass is 10.0. The Morgan fingerprint density at radius 3 is 0.914 bits per heavy atom.